The second-order valence-electron chi connectivity index (χ2n) is 6.09. The Hall–Kier alpha value is -3.15. The molecule has 1 amide bonds. The summed E-state index contributed by atoms with van der Waals surface area (Å²) in [5.74, 6) is -0.148. The number of hydrogen-bond acceptors (Lipinski definition) is 4. The highest BCUT2D eigenvalue weighted by atomic mass is 35.5. The minimum atomic E-state index is -0.268. The molecular weight excluding hydrogens is 392 g/mol. The molecule has 138 valence electrons. The van der Waals surface area contributed by atoms with Crippen molar-refractivity contribution < 1.29 is 9.90 Å². The van der Waals surface area contributed by atoms with Crippen LogP contribution >= 0.6 is 22.9 Å². The van der Waals surface area contributed by atoms with Crippen LogP contribution in [0.1, 0.15) is 5.56 Å². The van der Waals surface area contributed by atoms with Crippen LogP contribution < -0.4 is 5.32 Å². The van der Waals surface area contributed by atoms with E-state index in [9.17, 15) is 9.90 Å². The summed E-state index contributed by atoms with van der Waals surface area (Å²) in [6, 6.07) is 19.9. The number of benzene rings is 3. The fourth-order valence-corrected chi connectivity index (χ4v) is 3.82. The average molecular weight is 407 g/mol. The molecule has 1 heterocycles. The maximum atomic E-state index is 12.2. The number of nitrogens with zero attached hydrogens (tertiary/aromatic N) is 1. The lowest BCUT2D eigenvalue weighted by Crippen LogP contribution is -2.07. The number of thiazole rings is 1. The van der Waals surface area contributed by atoms with E-state index in [1.54, 1.807) is 36.4 Å². The Labute approximate surface area is 170 Å². The summed E-state index contributed by atoms with van der Waals surface area (Å²) in [5, 5.41) is 14.4. The molecular formula is C22H15ClN2O2S. The lowest BCUT2D eigenvalue weighted by molar-refractivity contribution is -0.111. The third kappa shape index (κ3) is 4.06. The Balaban J connectivity index is 1.55. The summed E-state index contributed by atoms with van der Waals surface area (Å²) in [7, 11) is 0. The SMILES string of the molecule is O=C(C=Cc1ccc(Cl)cc1)Nc1ccc(O)c(-c2nc3ccccc3s2)c1. The molecule has 4 nitrogen and oxygen atoms in total. The van der Waals surface area contributed by atoms with Crippen LogP contribution in [0.25, 0.3) is 26.9 Å². The number of carbonyl (C=O) groups is 1. The molecule has 0 fully saturated rings. The monoisotopic (exact) mass is 406 g/mol. The molecule has 0 spiro atoms. The lowest BCUT2D eigenvalue weighted by Gasteiger charge is -2.06. The number of amides is 1. The molecule has 0 saturated heterocycles. The second-order valence-corrected chi connectivity index (χ2v) is 7.56. The summed E-state index contributed by atoms with van der Waals surface area (Å²) in [4.78, 5) is 16.8. The van der Waals surface area contributed by atoms with Crippen LogP contribution in [-0.4, -0.2) is 16.0 Å². The Morgan fingerprint density at radius 1 is 1.07 bits per heavy atom. The van der Waals surface area contributed by atoms with Gasteiger partial charge in [0.2, 0.25) is 5.91 Å². The van der Waals surface area contributed by atoms with E-state index in [1.807, 2.05) is 36.4 Å². The number of aromatic nitrogens is 1. The van der Waals surface area contributed by atoms with Gasteiger partial charge in [-0.15, -0.1) is 11.3 Å². The van der Waals surface area contributed by atoms with Gasteiger partial charge in [-0.25, -0.2) is 4.98 Å². The summed E-state index contributed by atoms with van der Waals surface area (Å²) in [6.07, 6.45) is 3.16. The number of nitrogens with one attached hydrogen (secondary N) is 1. The average Bonchev–Trinajstić information content (AvgIpc) is 3.13. The van der Waals surface area contributed by atoms with Crippen molar-refractivity contribution in [2.75, 3.05) is 5.32 Å². The molecule has 0 aliphatic carbocycles. The van der Waals surface area contributed by atoms with Crippen LogP contribution in [0, 0.1) is 0 Å². The van der Waals surface area contributed by atoms with E-state index < -0.39 is 0 Å². The smallest absolute Gasteiger partial charge is 0.248 e. The highest BCUT2D eigenvalue weighted by Gasteiger charge is 2.12. The van der Waals surface area contributed by atoms with Gasteiger partial charge in [-0.1, -0.05) is 35.9 Å². The summed E-state index contributed by atoms with van der Waals surface area (Å²) in [6.45, 7) is 0. The Morgan fingerprint density at radius 2 is 1.86 bits per heavy atom. The highest BCUT2D eigenvalue weighted by molar-refractivity contribution is 7.21. The number of hydrogen-bond donors (Lipinski definition) is 2. The molecule has 28 heavy (non-hydrogen) atoms. The van der Waals surface area contributed by atoms with Crippen LogP contribution in [0.15, 0.2) is 72.8 Å². The van der Waals surface area contributed by atoms with Gasteiger partial charge >= 0.3 is 0 Å². The van der Waals surface area contributed by atoms with Crippen molar-refractivity contribution in [3.63, 3.8) is 0 Å². The van der Waals surface area contributed by atoms with E-state index in [4.69, 9.17) is 11.6 Å². The molecule has 4 rings (SSSR count). The standard InChI is InChI=1S/C22H15ClN2O2S/c23-15-8-5-14(6-9-15)7-12-21(27)24-16-10-11-19(26)17(13-16)22-25-18-3-1-2-4-20(18)28-22/h1-13,26H,(H,24,27). The number of rotatable bonds is 4. The van der Waals surface area contributed by atoms with Gasteiger partial charge in [0.25, 0.3) is 0 Å². The molecule has 2 N–H and O–H groups in total. The van der Waals surface area contributed by atoms with Crippen LogP contribution in [-0.2, 0) is 4.79 Å². The first-order valence-corrected chi connectivity index (χ1v) is 9.71. The quantitative estimate of drug-likeness (QED) is 0.324. The number of phenolic OH excluding ortho intramolecular Hbond substituents is 1. The van der Waals surface area contributed by atoms with E-state index >= 15 is 0 Å². The van der Waals surface area contributed by atoms with Crippen molar-refractivity contribution in [2.24, 2.45) is 0 Å². The minimum absolute atomic E-state index is 0.119. The first-order valence-electron chi connectivity index (χ1n) is 8.52. The second kappa shape index (κ2) is 7.84. The molecule has 0 radical (unpaired) electrons. The number of aromatic hydroxyl groups is 1. The van der Waals surface area contributed by atoms with Crippen molar-refractivity contribution >= 4 is 50.8 Å². The zero-order valence-corrected chi connectivity index (χ0v) is 16.2. The maximum absolute atomic E-state index is 12.2. The van der Waals surface area contributed by atoms with E-state index in [0.717, 1.165) is 15.8 Å². The summed E-state index contributed by atoms with van der Waals surface area (Å²) >= 11 is 7.35. The number of anilines is 1. The van der Waals surface area contributed by atoms with Gasteiger partial charge < -0.3 is 10.4 Å². The first-order chi connectivity index (χ1) is 13.6. The number of halogens is 1. The number of carbonyl (C=O) groups excluding carboxylic acids is 1. The van der Waals surface area contributed by atoms with Gasteiger partial charge in [0, 0.05) is 16.8 Å². The largest absolute Gasteiger partial charge is 0.507 e. The molecule has 4 aromatic rings. The number of para-hydroxylation sites is 1. The predicted molar refractivity (Wildman–Crippen MR) is 116 cm³/mol. The Kier molecular flexibility index (Phi) is 5.10. The molecule has 0 bridgehead atoms. The van der Waals surface area contributed by atoms with E-state index in [2.05, 4.69) is 10.3 Å². The van der Waals surface area contributed by atoms with Crippen LogP contribution in [0.4, 0.5) is 5.69 Å². The molecule has 0 saturated carbocycles. The fraction of sp³-hybridized carbons (Fsp3) is 0. The van der Waals surface area contributed by atoms with E-state index in [-0.39, 0.29) is 11.7 Å². The number of phenols is 1. The zero-order chi connectivity index (χ0) is 19.5. The maximum Gasteiger partial charge on any atom is 0.248 e. The van der Waals surface area contributed by atoms with Gasteiger partial charge in [-0.3, -0.25) is 4.79 Å². The van der Waals surface area contributed by atoms with Crippen molar-refractivity contribution in [1.82, 2.24) is 4.98 Å². The van der Waals surface area contributed by atoms with Crippen LogP contribution in [0.3, 0.4) is 0 Å². The molecule has 0 aliphatic heterocycles. The van der Waals surface area contributed by atoms with Crippen molar-refractivity contribution in [1.29, 1.82) is 0 Å². The van der Waals surface area contributed by atoms with Gasteiger partial charge in [-0.2, -0.15) is 0 Å². The van der Waals surface area contributed by atoms with Gasteiger partial charge in [0.1, 0.15) is 10.8 Å². The molecule has 1 aromatic heterocycles. The van der Waals surface area contributed by atoms with Gasteiger partial charge in [-0.05, 0) is 54.1 Å². The third-order valence-electron chi connectivity index (χ3n) is 4.09. The van der Waals surface area contributed by atoms with Gasteiger partial charge in [0.05, 0.1) is 15.8 Å². The van der Waals surface area contributed by atoms with E-state index in [0.29, 0.717) is 21.3 Å². The minimum Gasteiger partial charge on any atom is -0.507 e. The molecule has 0 unspecified atom stereocenters. The first kappa shape index (κ1) is 18.2. The molecule has 0 aliphatic rings. The van der Waals surface area contributed by atoms with E-state index in [1.165, 1.54) is 17.4 Å². The Morgan fingerprint density at radius 3 is 2.64 bits per heavy atom. The van der Waals surface area contributed by atoms with Crippen molar-refractivity contribution in [3.8, 4) is 16.3 Å². The van der Waals surface area contributed by atoms with Crippen molar-refractivity contribution in [3.05, 3.63) is 83.4 Å². The zero-order valence-electron chi connectivity index (χ0n) is 14.6. The topological polar surface area (TPSA) is 62.2 Å². The fourth-order valence-electron chi connectivity index (χ4n) is 2.70. The molecule has 3 aromatic carbocycles. The normalized spacial score (nSPS) is 11.2. The van der Waals surface area contributed by atoms with Gasteiger partial charge in [0.15, 0.2) is 0 Å². The third-order valence-corrected chi connectivity index (χ3v) is 5.41. The summed E-state index contributed by atoms with van der Waals surface area (Å²) in [5.41, 5.74) is 2.92. The highest BCUT2D eigenvalue weighted by Crippen LogP contribution is 2.36. The Bertz CT molecular complexity index is 1150. The van der Waals surface area contributed by atoms with Crippen LogP contribution in [0.2, 0.25) is 5.02 Å². The molecule has 0 atom stereocenters. The lowest BCUT2D eigenvalue weighted by atomic mass is 10.1. The summed E-state index contributed by atoms with van der Waals surface area (Å²) < 4.78 is 1.04. The number of fused-ring (bicyclic) bond motifs is 1. The molecule has 6 heteroatoms. The van der Waals surface area contributed by atoms with Crippen molar-refractivity contribution in [2.45, 2.75) is 0 Å². The van der Waals surface area contributed by atoms with Crippen LogP contribution in [0.5, 0.6) is 5.75 Å². The predicted octanol–water partition coefficient (Wildman–Crippen LogP) is 5.97.